The van der Waals surface area contributed by atoms with Gasteiger partial charge in [0.2, 0.25) is 5.78 Å². The molecule has 0 radical (unpaired) electrons. The standard InChI is InChI=1S/C11H12O4/c1-3-15-10-5-4-8(9(13)7-12)6-11(10)14-2/h4-7H,3H2,1-2H3. The number of Topliss-reactive ketones (excluding diaryl/α,β-unsaturated/α-hetero) is 1. The molecule has 1 aromatic carbocycles. The molecule has 80 valence electrons. The average molecular weight is 208 g/mol. The van der Waals surface area contributed by atoms with Gasteiger partial charge in [-0.2, -0.15) is 0 Å². The van der Waals surface area contributed by atoms with Gasteiger partial charge in [-0.05, 0) is 25.1 Å². The second-order valence-electron chi connectivity index (χ2n) is 2.78. The van der Waals surface area contributed by atoms with Gasteiger partial charge in [-0.3, -0.25) is 9.59 Å². The van der Waals surface area contributed by atoms with Crippen molar-refractivity contribution in [3.8, 4) is 11.5 Å². The van der Waals surface area contributed by atoms with E-state index in [2.05, 4.69) is 0 Å². The van der Waals surface area contributed by atoms with Gasteiger partial charge in [0.25, 0.3) is 0 Å². The second-order valence-corrected chi connectivity index (χ2v) is 2.78. The molecule has 0 heterocycles. The maximum Gasteiger partial charge on any atom is 0.225 e. The predicted molar refractivity (Wildman–Crippen MR) is 54.6 cm³/mol. The van der Waals surface area contributed by atoms with E-state index in [0.29, 0.717) is 23.7 Å². The molecule has 0 saturated carbocycles. The SMILES string of the molecule is CCOc1ccc(C(=O)C=O)cc1OC. The number of ketones is 1. The number of aldehydes is 1. The van der Waals surface area contributed by atoms with Crippen LogP contribution in [0.4, 0.5) is 0 Å². The smallest absolute Gasteiger partial charge is 0.225 e. The molecular weight excluding hydrogens is 196 g/mol. The Morgan fingerprint density at radius 2 is 2.13 bits per heavy atom. The lowest BCUT2D eigenvalue weighted by Gasteiger charge is -2.09. The van der Waals surface area contributed by atoms with Crippen molar-refractivity contribution < 1.29 is 19.1 Å². The summed E-state index contributed by atoms with van der Waals surface area (Å²) < 4.78 is 10.3. The lowest BCUT2D eigenvalue weighted by Crippen LogP contribution is -2.02. The summed E-state index contributed by atoms with van der Waals surface area (Å²) in [4.78, 5) is 21.4. The first-order valence-electron chi connectivity index (χ1n) is 4.53. The molecule has 15 heavy (non-hydrogen) atoms. The zero-order valence-electron chi connectivity index (χ0n) is 8.65. The van der Waals surface area contributed by atoms with Crippen LogP contribution in [-0.4, -0.2) is 25.8 Å². The Labute approximate surface area is 87.8 Å². The fraction of sp³-hybridized carbons (Fsp3) is 0.273. The van der Waals surface area contributed by atoms with E-state index in [-0.39, 0.29) is 6.29 Å². The molecule has 4 heteroatoms. The maximum atomic E-state index is 11.1. The van der Waals surface area contributed by atoms with Crippen molar-refractivity contribution in [1.29, 1.82) is 0 Å². The third-order valence-corrected chi connectivity index (χ3v) is 1.86. The summed E-state index contributed by atoms with van der Waals surface area (Å²) in [6.07, 6.45) is 0.273. The third kappa shape index (κ3) is 2.56. The summed E-state index contributed by atoms with van der Waals surface area (Å²) in [6.45, 7) is 2.36. The van der Waals surface area contributed by atoms with Gasteiger partial charge in [-0.15, -0.1) is 0 Å². The number of hydrogen-bond acceptors (Lipinski definition) is 4. The summed E-state index contributed by atoms with van der Waals surface area (Å²) in [5, 5.41) is 0. The summed E-state index contributed by atoms with van der Waals surface area (Å²) in [7, 11) is 1.48. The van der Waals surface area contributed by atoms with Gasteiger partial charge in [0.1, 0.15) is 0 Å². The van der Waals surface area contributed by atoms with Crippen LogP contribution in [0, 0.1) is 0 Å². The zero-order valence-corrected chi connectivity index (χ0v) is 8.65. The van der Waals surface area contributed by atoms with E-state index in [1.54, 1.807) is 6.07 Å². The largest absolute Gasteiger partial charge is 0.493 e. The number of carbonyl (C=O) groups is 2. The van der Waals surface area contributed by atoms with Gasteiger partial charge in [0.15, 0.2) is 17.8 Å². The average Bonchev–Trinajstić information content (AvgIpc) is 2.29. The van der Waals surface area contributed by atoms with Crippen LogP contribution in [0.3, 0.4) is 0 Å². The first-order valence-corrected chi connectivity index (χ1v) is 4.53. The lowest BCUT2D eigenvalue weighted by molar-refractivity contribution is -0.104. The molecule has 0 bridgehead atoms. The Bertz CT molecular complexity index is 371. The molecule has 1 aromatic rings. The van der Waals surface area contributed by atoms with Crippen LogP contribution in [0.25, 0.3) is 0 Å². The molecule has 0 amide bonds. The summed E-state index contributed by atoms with van der Waals surface area (Å²) in [5.74, 6) is 0.434. The topological polar surface area (TPSA) is 52.6 Å². The van der Waals surface area contributed by atoms with E-state index in [1.165, 1.54) is 19.2 Å². The molecule has 0 unspecified atom stereocenters. The molecular formula is C11H12O4. The highest BCUT2D eigenvalue weighted by Gasteiger charge is 2.09. The van der Waals surface area contributed by atoms with Crippen LogP contribution in [-0.2, 0) is 4.79 Å². The number of benzene rings is 1. The Morgan fingerprint density at radius 1 is 1.40 bits per heavy atom. The van der Waals surface area contributed by atoms with Crippen molar-refractivity contribution >= 4 is 12.1 Å². The third-order valence-electron chi connectivity index (χ3n) is 1.86. The Hall–Kier alpha value is -1.84. The normalized spacial score (nSPS) is 9.47. The maximum absolute atomic E-state index is 11.1. The van der Waals surface area contributed by atoms with Gasteiger partial charge in [0.05, 0.1) is 13.7 Å². The predicted octanol–water partition coefficient (Wildman–Crippen LogP) is 1.48. The van der Waals surface area contributed by atoms with Crippen molar-refractivity contribution in [2.75, 3.05) is 13.7 Å². The van der Waals surface area contributed by atoms with Crippen LogP contribution in [0.2, 0.25) is 0 Å². The van der Waals surface area contributed by atoms with Gasteiger partial charge < -0.3 is 9.47 Å². The molecule has 0 saturated heterocycles. The van der Waals surface area contributed by atoms with Gasteiger partial charge >= 0.3 is 0 Å². The fourth-order valence-electron chi connectivity index (χ4n) is 1.16. The first kappa shape index (κ1) is 11.2. The zero-order chi connectivity index (χ0) is 11.3. The highest BCUT2D eigenvalue weighted by Crippen LogP contribution is 2.27. The van der Waals surface area contributed by atoms with E-state index in [0.717, 1.165) is 0 Å². The van der Waals surface area contributed by atoms with Gasteiger partial charge in [0, 0.05) is 5.56 Å². The van der Waals surface area contributed by atoms with Gasteiger partial charge in [-0.1, -0.05) is 0 Å². The minimum absolute atomic E-state index is 0.273. The Balaban J connectivity index is 3.06. The highest BCUT2D eigenvalue weighted by atomic mass is 16.5. The Kier molecular flexibility index (Phi) is 3.85. The second kappa shape index (κ2) is 5.14. The monoisotopic (exact) mass is 208 g/mol. The molecule has 0 fully saturated rings. The molecule has 0 N–H and O–H groups in total. The van der Waals surface area contributed by atoms with Gasteiger partial charge in [-0.25, -0.2) is 0 Å². The van der Waals surface area contributed by atoms with Crippen LogP contribution in [0.1, 0.15) is 17.3 Å². The van der Waals surface area contributed by atoms with Crippen molar-refractivity contribution in [2.24, 2.45) is 0 Å². The van der Waals surface area contributed by atoms with E-state index in [9.17, 15) is 9.59 Å². The molecule has 1 rings (SSSR count). The molecule has 0 aliphatic rings. The summed E-state index contributed by atoms with van der Waals surface area (Å²) in [5.41, 5.74) is 0.297. The van der Waals surface area contributed by atoms with E-state index in [1.807, 2.05) is 6.92 Å². The van der Waals surface area contributed by atoms with E-state index < -0.39 is 5.78 Å². The van der Waals surface area contributed by atoms with Crippen molar-refractivity contribution in [2.45, 2.75) is 6.92 Å². The molecule has 4 nitrogen and oxygen atoms in total. The van der Waals surface area contributed by atoms with Crippen molar-refractivity contribution in [1.82, 2.24) is 0 Å². The molecule has 0 aliphatic heterocycles. The van der Waals surface area contributed by atoms with Crippen LogP contribution in [0.15, 0.2) is 18.2 Å². The number of carbonyl (C=O) groups excluding carboxylic acids is 2. The quantitative estimate of drug-likeness (QED) is 0.418. The van der Waals surface area contributed by atoms with Crippen molar-refractivity contribution in [3.63, 3.8) is 0 Å². The number of methoxy groups -OCH3 is 1. The minimum Gasteiger partial charge on any atom is -0.493 e. The highest BCUT2D eigenvalue weighted by molar-refractivity contribution is 6.33. The number of hydrogen-bond donors (Lipinski definition) is 0. The Morgan fingerprint density at radius 3 is 2.67 bits per heavy atom. The van der Waals surface area contributed by atoms with Crippen LogP contribution < -0.4 is 9.47 Å². The first-order chi connectivity index (χ1) is 7.22. The molecule has 0 atom stereocenters. The summed E-state index contributed by atoms with van der Waals surface area (Å²) >= 11 is 0. The van der Waals surface area contributed by atoms with E-state index >= 15 is 0 Å². The number of rotatable bonds is 5. The van der Waals surface area contributed by atoms with E-state index in [4.69, 9.17) is 9.47 Å². The lowest BCUT2D eigenvalue weighted by atomic mass is 10.1. The van der Waals surface area contributed by atoms with Crippen LogP contribution in [0.5, 0.6) is 11.5 Å². The van der Waals surface area contributed by atoms with Crippen LogP contribution >= 0.6 is 0 Å². The molecule has 0 spiro atoms. The van der Waals surface area contributed by atoms with Crippen molar-refractivity contribution in [3.05, 3.63) is 23.8 Å². The molecule has 0 aromatic heterocycles. The minimum atomic E-state index is -0.573. The summed E-state index contributed by atoms with van der Waals surface area (Å²) in [6, 6.07) is 4.63. The fourth-order valence-corrected chi connectivity index (χ4v) is 1.16. The molecule has 0 aliphatic carbocycles. The number of ether oxygens (including phenoxy) is 2.